The Balaban J connectivity index is 2.31. The van der Waals surface area contributed by atoms with Crippen molar-refractivity contribution in [2.24, 2.45) is 5.92 Å². The van der Waals surface area contributed by atoms with Crippen molar-refractivity contribution in [2.45, 2.75) is 51.0 Å². The third kappa shape index (κ3) is 4.42. The number of aryl methyl sites for hydroxylation is 1. The topological polar surface area (TPSA) is 104 Å². The van der Waals surface area contributed by atoms with Gasteiger partial charge >= 0.3 is 5.97 Å². The number of carbonyl (C=O) groups excluding carboxylic acids is 1. The van der Waals surface area contributed by atoms with Crippen LogP contribution in [0.15, 0.2) is 23.1 Å². The van der Waals surface area contributed by atoms with E-state index in [1.54, 1.807) is 26.8 Å². The maximum Gasteiger partial charge on any atom is 0.326 e. The van der Waals surface area contributed by atoms with Crippen LogP contribution in [-0.4, -0.2) is 48.8 Å². The van der Waals surface area contributed by atoms with E-state index >= 15 is 0 Å². The monoisotopic (exact) mass is 382 g/mol. The quantitative estimate of drug-likeness (QED) is 0.783. The Labute approximate surface area is 154 Å². The Morgan fingerprint density at radius 3 is 2.31 bits per heavy atom. The Bertz CT molecular complexity index is 783. The standard InChI is InChI=1S/C18H26N2O5S/c1-12(2)16(18(22)23)19-17(21)14-8-7-13(3)15(11-14)26(24,25)20-9-5-4-6-10-20/h7-8,11-12,16H,4-6,9-10H2,1-3H3,(H,19,21)(H,22,23). The molecule has 1 unspecified atom stereocenters. The second kappa shape index (κ2) is 8.18. The summed E-state index contributed by atoms with van der Waals surface area (Å²) in [4.78, 5) is 23.8. The van der Waals surface area contributed by atoms with E-state index in [9.17, 15) is 23.1 Å². The number of amides is 1. The van der Waals surface area contributed by atoms with Crippen LogP contribution in [0.2, 0.25) is 0 Å². The van der Waals surface area contributed by atoms with E-state index < -0.39 is 27.9 Å². The molecule has 1 aliphatic heterocycles. The van der Waals surface area contributed by atoms with Crippen LogP contribution in [0.5, 0.6) is 0 Å². The Kier molecular flexibility index (Phi) is 6.41. The summed E-state index contributed by atoms with van der Waals surface area (Å²) in [5.41, 5.74) is 0.698. The molecule has 8 heteroatoms. The molecule has 1 aliphatic rings. The Hall–Kier alpha value is -1.93. The van der Waals surface area contributed by atoms with Crippen molar-refractivity contribution in [1.82, 2.24) is 9.62 Å². The van der Waals surface area contributed by atoms with Gasteiger partial charge in [-0.1, -0.05) is 26.3 Å². The maximum atomic E-state index is 12.9. The van der Waals surface area contributed by atoms with E-state index in [4.69, 9.17) is 0 Å². The minimum absolute atomic E-state index is 0.100. The number of aliphatic carboxylic acids is 1. The van der Waals surface area contributed by atoms with E-state index in [-0.39, 0.29) is 16.4 Å². The summed E-state index contributed by atoms with van der Waals surface area (Å²) in [7, 11) is -3.67. The molecule has 1 amide bonds. The number of piperidine rings is 1. The fraction of sp³-hybridized carbons (Fsp3) is 0.556. The smallest absolute Gasteiger partial charge is 0.326 e. The average molecular weight is 382 g/mol. The first-order valence-electron chi connectivity index (χ1n) is 8.79. The Morgan fingerprint density at radius 1 is 1.15 bits per heavy atom. The van der Waals surface area contributed by atoms with Gasteiger partial charge in [0.15, 0.2) is 0 Å². The molecule has 1 atom stereocenters. The lowest BCUT2D eigenvalue weighted by molar-refractivity contribution is -0.140. The summed E-state index contributed by atoms with van der Waals surface area (Å²) in [6, 6.07) is 3.40. The van der Waals surface area contributed by atoms with Gasteiger partial charge in [0, 0.05) is 18.7 Å². The van der Waals surface area contributed by atoms with Crippen molar-refractivity contribution in [1.29, 1.82) is 0 Å². The molecule has 0 bridgehead atoms. The molecular weight excluding hydrogens is 356 g/mol. The molecule has 2 rings (SSSR count). The molecule has 144 valence electrons. The molecule has 1 aromatic rings. The van der Waals surface area contributed by atoms with Gasteiger partial charge in [0.2, 0.25) is 10.0 Å². The van der Waals surface area contributed by atoms with Crippen LogP contribution in [0.3, 0.4) is 0 Å². The van der Waals surface area contributed by atoms with Crippen molar-refractivity contribution >= 4 is 21.9 Å². The van der Waals surface area contributed by atoms with Gasteiger partial charge in [-0.05, 0) is 43.4 Å². The largest absolute Gasteiger partial charge is 0.480 e. The molecule has 26 heavy (non-hydrogen) atoms. The highest BCUT2D eigenvalue weighted by atomic mass is 32.2. The van der Waals surface area contributed by atoms with Gasteiger partial charge < -0.3 is 10.4 Å². The van der Waals surface area contributed by atoms with E-state index in [1.165, 1.54) is 16.4 Å². The Morgan fingerprint density at radius 2 is 1.77 bits per heavy atom. The van der Waals surface area contributed by atoms with Gasteiger partial charge in [-0.3, -0.25) is 4.79 Å². The first-order chi connectivity index (χ1) is 12.1. The predicted octanol–water partition coefficient (Wildman–Crippen LogP) is 2.01. The van der Waals surface area contributed by atoms with Gasteiger partial charge in [0.25, 0.3) is 5.91 Å². The molecule has 0 saturated carbocycles. The predicted molar refractivity (Wildman–Crippen MR) is 97.5 cm³/mol. The molecule has 0 spiro atoms. The molecule has 1 aromatic carbocycles. The van der Waals surface area contributed by atoms with Gasteiger partial charge in [-0.15, -0.1) is 0 Å². The lowest BCUT2D eigenvalue weighted by Gasteiger charge is -2.26. The normalized spacial score (nSPS) is 17.1. The van der Waals surface area contributed by atoms with Crippen molar-refractivity contribution in [3.05, 3.63) is 29.3 Å². The molecule has 0 aliphatic carbocycles. The number of hydrogen-bond acceptors (Lipinski definition) is 4. The van der Waals surface area contributed by atoms with Crippen molar-refractivity contribution in [3.63, 3.8) is 0 Å². The number of rotatable bonds is 6. The molecule has 1 heterocycles. The number of carboxylic acids is 1. The zero-order chi connectivity index (χ0) is 19.5. The van der Waals surface area contributed by atoms with Crippen molar-refractivity contribution < 1.29 is 23.1 Å². The van der Waals surface area contributed by atoms with E-state index in [2.05, 4.69) is 5.32 Å². The van der Waals surface area contributed by atoms with Gasteiger partial charge in [0.05, 0.1) is 4.90 Å². The van der Waals surface area contributed by atoms with Crippen LogP contribution in [0.1, 0.15) is 49.0 Å². The lowest BCUT2D eigenvalue weighted by Crippen LogP contribution is -2.44. The summed E-state index contributed by atoms with van der Waals surface area (Å²) < 4.78 is 27.3. The van der Waals surface area contributed by atoms with Crippen LogP contribution in [-0.2, 0) is 14.8 Å². The van der Waals surface area contributed by atoms with Crippen LogP contribution in [0.4, 0.5) is 0 Å². The van der Waals surface area contributed by atoms with Crippen LogP contribution >= 0.6 is 0 Å². The molecule has 7 nitrogen and oxygen atoms in total. The highest BCUT2D eigenvalue weighted by molar-refractivity contribution is 7.89. The van der Waals surface area contributed by atoms with Crippen molar-refractivity contribution in [2.75, 3.05) is 13.1 Å². The van der Waals surface area contributed by atoms with Gasteiger partial charge in [0.1, 0.15) is 6.04 Å². The number of nitrogens with zero attached hydrogens (tertiary/aromatic N) is 1. The second-order valence-electron chi connectivity index (χ2n) is 6.98. The number of benzene rings is 1. The first kappa shape index (κ1) is 20.4. The number of sulfonamides is 1. The fourth-order valence-electron chi connectivity index (χ4n) is 3.00. The summed E-state index contributed by atoms with van der Waals surface area (Å²) in [5, 5.41) is 11.7. The highest BCUT2D eigenvalue weighted by Gasteiger charge is 2.29. The molecule has 0 aromatic heterocycles. The SMILES string of the molecule is Cc1ccc(C(=O)NC(C(=O)O)C(C)C)cc1S(=O)(=O)N1CCCCC1. The van der Waals surface area contributed by atoms with Crippen LogP contribution in [0.25, 0.3) is 0 Å². The van der Waals surface area contributed by atoms with Crippen LogP contribution in [0, 0.1) is 12.8 Å². The maximum absolute atomic E-state index is 12.9. The summed E-state index contributed by atoms with van der Waals surface area (Å²) >= 11 is 0. The third-order valence-corrected chi connectivity index (χ3v) is 6.64. The molecular formula is C18H26N2O5S. The first-order valence-corrected chi connectivity index (χ1v) is 10.2. The lowest BCUT2D eigenvalue weighted by atomic mass is 10.0. The van der Waals surface area contributed by atoms with Gasteiger partial charge in [-0.25, -0.2) is 13.2 Å². The summed E-state index contributed by atoms with van der Waals surface area (Å²) in [5.74, 6) is -2.01. The molecule has 1 fully saturated rings. The zero-order valence-corrected chi connectivity index (χ0v) is 16.2. The number of nitrogens with one attached hydrogen (secondary N) is 1. The number of carbonyl (C=O) groups is 2. The fourth-order valence-corrected chi connectivity index (χ4v) is 4.77. The minimum atomic E-state index is -3.67. The molecule has 1 saturated heterocycles. The highest BCUT2D eigenvalue weighted by Crippen LogP contribution is 2.24. The summed E-state index contributed by atoms with van der Waals surface area (Å²) in [6.07, 6.45) is 2.67. The number of carboxylic acid groups (broad SMARTS) is 1. The zero-order valence-electron chi connectivity index (χ0n) is 15.4. The number of hydrogen-bond donors (Lipinski definition) is 2. The van der Waals surface area contributed by atoms with E-state index in [1.807, 2.05) is 0 Å². The van der Waals surface area contributed by atoms with E-state index in [0.717, 1.165) is 19.3 Å². The van der Waals surface area contributed by atoms with Gasteiger partial charge in [-0.2, -0.15) is 4.31 Å². The minimum Gasteiger partial charge on any atom is -0.480 e. The molecule has 0 radical (unpaired) electrons. The summed E-state index contributed by atoms with van der Waals surface area (Å²) in [6.45, 7) is 6.03. The average Bonchev–Trinajstić information content (AvgIpc) is 2.59. The molecule has 2 N–H and O–H groups in total. The second-order valence-corrected chi connectivity index (χ2v) is 8.88. The van der Waals surface area contributed by atoms with E-state index in [0.29, 0.717) is 18.7 Å². The van der Waals surface area contributed by atoms with Crippen LogP contribution < -0.4 is 5.32 Å². The third-order valence-electron chi connectivity index (χ3n) is 4.60. The van der Waals surface area contributed by atoms with Crippen molar-refractivity contribution in [3.8, 4) is 0 Å².